The van der Waals surface area contributed by atoms with Crippen LogP contribution in [0.1, 0.15) is 18.1 Å². The van der Waals surface area contributed by atoms with Crippen molar-refractivity contribution in [3.05, 3.63) is 77.2 Å². The molecule has 3 rings (SSSR count). The van der Waals surface area contributed by atoms with E-state index in [0.717, 1.165) is 26.2 Å². The van der Waals surface area contributed by atoms with Gasteiger partial charge in [0.25, 0.3) is 0 Å². The van der Waals surface area contributed by atoms with E-state index in [1.807, 2.05) is 6.92 Å². The van der Waals surface area contributed by atoms with Crippen molar-refractivity contribution in [2.24, 2.45) is 0 Å². The molecule has 0 aliphatic carbocycles. The van der Waals surface area contributed by atoms with Crippen LogP contribution in [0.2, 0.25) is 0 Å². The minimum absolute atomic E-state index is 0.0640. The van der Waals surface area contributed by atoms with Crippen molar-refractivity contribution in [3.8, 4) is 0 Å². The van der Waals surface area contributed by atoms with Gasteiger partial charge in [-0.25, -0.2) is 8.78 Å². The Hall–Kier alpha value is -1.78. The van der Waals surface area contributed by atoms with Crippen LogP contribution in [0.3, 0.4) is 0 Å². The zero-order valence-corrected chi connectivity index (χ0v) is 13.2. The maximum atomic E-state index is 14.4. The molecule has 4 heteroatoms. The SMILES string of the molecule is CC([C](c1ccccc1F)c1ccccc1F)N1CCNCC1. The lowest BCUT2D eigenvalue weighted by Gasteiger charge is -2.37. The topological polar surface area (TPSA) is 15.3 Å². The predicted octanol–water partition coefficient (Wildman–Crippen LogP) is 3.23. The fraction of sp³-hybridized carbons (Fsp3) is 0.316. The van der Waals surface area contributed by atoms with Crippen molar-refractivity contribution >= 4 is 0 Å². The summed E-state index contributed by atoms with van der Waals surface area (Å²) in [5.74, 6) is 0.0866. The van der Waals surface area contributed by atoms with Gasteiger partial charge in [0.2, 0.25) is 0 Å². The van der Waals surface area contributed by atoms with Gasteiger partial charge >= 0.3 is 0 Å². The second-order valence-electron chi connectivity index (χ2n) is 5.84. The Bertz CT molecular complexity index is 608. The summed E-state index contributed by atoms with van der Waals surface area (Å²) < 4.78 is 28.8. The van der Waals surface area contributed by atoms with E-state index in [2.05, 4.69) is 10.2 Å². The van der Waals surface area contributed by atoms with Crippen molar-refractivity contribution in [2.75, 3.05) is 26.2 Å². The molecule has 2 aromatic carbocycles. The molecule has 1 radical (unpaired) electrons. The smallest absolute Gasteiger partial charge is 0.127 e. The summed E-state index contributed by atoms with van der Waals surface area (Å²) in [7, 11) is 0. The quantitative estimate of drug-likeness (QED) is 0.932. The van der Waals surface area contributed by atoms with Crippen LogP contribution in [-0.4, -0.2) is 37.1 Å². The fourth-order valence-electron chi connectivity index (χ4n) is 3.21. The van der Waals surface area contributed by atoms with E-state index in [4.69, 9.17) is 0 Å². The Labute approximate surface area is 136 Å². The standard InChI is InChI=1S/C19H21F2N2/c1-14(23-12-10-22-11-13-23)19(15-6-2-4-8-17(15)20)16-7-3-5-9-18(16)21/h2-9,14,22H,10-13H2,1H3. The second-order valence-corrected chi connectivity index (χ2v) is 5.84. The third-order valence-electron chi connectivity index (χ3n) is 4.45. The normalized spacial score (nSPS) is 17.4. The molecule has 1 atom stereocenters. The van der Waals surface area contributed by atoms with E-state index in [9.17, 15) is 8.78 Å². The average molecular weight is 315 g/mol. The van der Waals surface area contributed by atoms with E-state index in [0.29, 0.717) is 17.0 Å². The van der Waals surface area contributed by atoms with Crippen LogP contribution in [-0.2, 0) is 0 Å². The first-order valence-electron chi connectivity index (χ1n) is 8.00. The van der Waals surface area contributed by atoms with Gasteiger partial charge in [0.15, 0.2) is 0 Å². The Morgan fingerprint density at radius 3 is 1.87 bits per heavy atom. The molecular weight excluding hydrogens is 294 g/mol. The summed E-state index contributed by atoms with van der Waals surface area (Å²) in [4.78, 5) is 2.27. The molecular formula is C19H21F2N2. The van der Waals surface area contributed by atoms with Gasteiger partial charge in [-0.15, -0.1) is 0 Å². The van der Waals surface area contributed by atoms with E-state index >= 15 is 0 Å². The van der Waals surface area contributed by atoms with Crippen LogP contribution in [0, 0.1) is 17.6 Å². The number of nitrogens with one attached hydrogen (secondary N) is 1. The summed E-state index contributed by atoms with van der Waals surface area (Å²) in [6.45, 7) is 5.55. The highest BCUT2D eigenvalue weighted by Gasteiger charge is 2.31. The molecule has 1 saturated heterocycles. The van der Waals surface area contributed by atoms with Gasteiger partial charge in [0.05, 0.1) is 5.92 Å². The first-order chi connectivity index (χ1) is 11.2. The highest BCUT2D eigenvalue weighted by atomic mass is 19.1. The number of nitrogens with zero attached hydrogens (tertiary/aromatic N) is 1. The number of benzene rings is 2. The summed E-state index contributed by atoms with van der Waals surface area (Å²) in [5, 5.41) is 3.31. The van der Waals surface area contributed by atoms with Gasteiger partial charge in [-0.2, -0.15) is 0 Å². The van der Waals surface area contributed by atoms with Crippen LogP contribution >= 0.6 is 0 Å². The first-order valence-corrected chi connectivity index (χ1v) is 8.00. The van der Waals surface area contributed by atoms with Crippen molar-refractivity contribution in [3.63, 3.8) is 0 Å². The van der Waals surface area contributed by atoms with E-state index in [1.54, 1.807) is 36.4 Å². The lowest BCUT2D eigenvalue weighted by molar-refractivity contribution is 0.196. The third kappa shape index (κ3) is 3.43. The van der Waals surface area contributed by atoms with E-state index in [-0.39, 0.29) is 17.7 Å². The lowest BCUT2D eigenvalue weighted by Crippen LogP contribution is -2.49. The Kier molecular flexibility index (Phi) is 5.03. The van der Waals surface area contributed by atoms with Gasteiger partial charge in [0.1, 0.15) is 11.6 Å². The van der Waals surface area contributed by atoms with E-state index < -0.39 is 0 Å². The van der Waals surface area contributed by atoms with Crippen molar-refractivity contribution in [2.45, 2.75) is 13.0 Å². The maximum Gasteiger partial charge on any atom is 0.127 e. The molecule has 1 fully saturated rings. The number of piperazine rings is 1. The van der Waals surface area contributed by atoms with Crippen molar-refractivity contribution in [1.82, 2.24) is 10.2 Å². The van der Waals surface area contributed by atoms with Gasteiger partial charge in [0, 0.05) is 43.3 Å². The van der Waals surface area contributed by atoms with Crippen molar-refractivity contribution < 1.29 is 8.78 Å². The predicted molar refractivity (Wildman–Crippen MR) is 88.2 cm³/mol. The molecule has 2 aromatic rings. The first kappa shape index (κ1) is 16.1. The molecule has 23 heavy (non-hydrogen) atoms. The number of hydrogen-bond donors (Lipinski definition) is 1. The molecule has 0 spiro atoms. The molecule has 0 aromatic heterocycles. The fourth-order valence-corrected chi connectivity index (χ4v) is 3.21. The van der Waals surface area contributed by atoms with Crippen LogP contribution in [0.25, 0.3) is 0 Å². The van der Waals surface area contributed by atoms with Crippen LogP contribution < -0.4 is 5.32 Å². The summed E-state index contributed by atoms with van der Waals surface area (Å²) in [6, 6.07) is 13.2. The summed E-state index contributed by atoms with van der Waals surface area (Å²) in [5.41, 5.74) is 0.951. The van der Waals surface area contributed by atoms with Crippen molar-refractivity contribution in [1.29, 1.82) is 0 Å². The molecule has 0 bridgehead atoms. The molecule has 1 aliphatic heterocycles. The van der Waals surface area contributed by atoms with E-state index in [1.165, 1.54) is 12.1 Å². The zero-order chi connectivity index (χ0) is 16.2. The van der Waals surface area contributed by atoms with Crippen LogP contribution in [0.5, 0.6) is 0 Å². The maximum absolute atomic E-state index is 14.4. The largest absolute Gasteiger partial charge is 0.314 e. The van der Waals surface area contributed by atoms with Gasteiger partial charge in [-0.05, 0) is 19.1 Å². The second kappa shape index (κ2) is 7.20. The van der Waals surface area contributed by atoms with Crippen LogP contribution in [0.15, 0.2) is 48.5 Å². The monoisotopic (exact) mass is 315 g/mol. The van der Waals surface area contributed by atoms with Crippen LogP contribution in [0.4, 0.5) is 8.78 Å². The Balaban J connectivity index is 2.03. The number of rotatable bonds is 4. The highest BCUT2D eigenvalue weighted by molar-refractivity contribution is 5.49. The zero-order valence-electron chi connectivity index (χ0n) is 13.2. The minimum Gasteiger partial charge on any atom is -0.314 e. The molecule has 1 heterocycles. The highest BCUT2D eigenvalue weighted by Crippen LogP contribution is 2.33. The molecule has 2 nitrogen and oxygen atoms in total. The lowest BCUT2D eigenvalue weighted by atomic mass is 9.84. The van der Waals surface area contributed by atoms with Gasteiger partial charge in [-0.3, -0.25) is 4.90 Å². The Morgan fingerprint density at radius 2 is 1.39 bits per heavy atom. The van der Waals surface area contributed by atoms with Gasteiger partial charge < -0.3 is 5.32 Å². The summed E-state index contributed by atoms with van der Waals surface area (Å²) >= 11 is 0. The van der Waals surface area contributed by atoms with Gasteiger partial charge in [-0.1, -0.05) is 36.4 Å². The molecule has 1 unspecified atom stereocenters. The number of halogens is 2. The molecule has 0 saturated carbocycles. The Morgan fingerprint density at radius 1 is 0.913 bits per heavy atom. The minimum atomic E-state index is -0.312. The molecule has 1 N–H and O–H groups in total. The summed E-state index contributed by atoms with van der Waals surface area (Å²) in [6.07, 6.45) is 0. The third-order valence-corrected chi connectivity index (χ3v) is 4.45. The molecule has 0 amide bonds. The average Bonchev–Trinajstić information content (AvgIpc) is 2.59. The molecule has 121 valence electrons. The number of hydrogen-bond acceptors (Lipinski definition) is 2. The molecule has 1 aliphatic rings.